The van der Waals surface area contributed by atoms with Crippen molar-refractivity contribution >= 4 is 11.0 Å². The minimum absolute atomic E-state index is 0.139. The number of benzene rings is 2. The van der Waals surface area contributed by atoms with Crippen LogP contribution in [-0.2, 0) is 13.1 Å². The molecule has 3 rings (SSSR count). The fraction of sp³-hybridized carbons (Fsp3) is 0.350. The van der Waals surface area contributed by atoms with Crippen molar-refractivity contribution in [2.45, 2.75) is 33.0 Å². The Bertz CT molecular complexity index is 857. The highest BCUT2D eigenvalue weighted by atomic mass is 16.5. The van der Waals surface area contributed by atoms with Gasteiger partial charge in [0.05, 0.1) is 31.3 Å². The van der Waals surface area contributed by atoms with E-state index >= 15 is 0 Å². The predicted octanol–water partition coefficient (Wildman–Crippen LogP) is 3.92. The molecule has 1 N–H and O–H groups in total. The molecular weight excluding hydrogens is 314 g/mol. The van der Waals surface area contributed by atoms with E-state index in [4.69, 9.17) is 14.5 Å². The smallest absolute Gasteiger partial charge is 0.161 e. The van der Waals surface area contributed by atoms with E-state index in [0.717, 1.165) is 41.5 Å². The topological polar surface area (TPSA) is 48.3 Å². The van der Waals surface area contributed by atoms with E-state index in [-0.39, 0.29) is 6.04 Å². The Hall–Kier alpha value is -2.53. The van der Waals surface area contributed by atoms with Gasteiger partial charge in [-0.2, -0.15) is 0 Å². The van der Waals surface area contributed by atoms with Gasteiger partial charge < -0.3 is 19.4 Å². The Morgan fingerprint density at radius 3 is 2.56 bits per heavy atom. The first-order valence-electron chi connectivity index (χ1n) is 8.57. The van der Waals surface area contributed by atoms with Crippen LogP contribution in [-0.4, -0.2) is 23.8 Å². The van der Waals surface area contributed by atoms with Crippen LogP contribution >= 0.6 is 0 Å². The number of aromatic nitrogens is 2. The summed E-state index contributed by atoms with van der Waals surface area (Å²) in [7, 11) is 3.30. The molecule has 5 heteroatoms. The Balaban J connectivity index is 1.78. The van der Waals surface area contributed by atoms with Gasteiger partial charge in [-0.3, -0.25) is 0 Å². The number of nitrogens with one attached hydrogen (secondary N) is 1. The number of aryl methyl sites for hydroxylation is 1. The van der Waals surface area contributed by atoms with Crippen molar-refractivity contribution < 1.29 is 9.47 Å². The van der Waals surface area contributed by atoms with Crippen LogP contribution in [0.25, 0.3) is 11.0 Å². The Morgan fingerprint density at radius 1 is 1.08 bits per heavy atom. The zero-order valence-electron chi connectivity index (χ0n) is 15.2. The summed E-state index contributed by atoms with van der Waals surface area (Å²) in [5.41, 5.74) is 3.36. The predicted molar refractivity (Wildman–Crippen MR) is 100 cm³/mol. The molecule has 0 saturated heterocycles. The van der Waals surface area contributed by atoms with Crippen molar-refractivity contribution in [2.24, 2.45) is 0 Å². The third kappa shape index (κ3) is 3.46. The largest absolute Gasteiger partial charge is 0.493 e. The van der Waals surface area contributed by atoms with E-state index in [9.17, 15) is 0 Å². The summed E-state index contributed by atoms with van der Waals surface area (Å²) in [6.45, 7) is 5.93. The molecule has 1 heterocycles. The molecule has 0 radical (unpaired) electrons. The molecule has 1 unspecified atom stereocenters. The highest BCUT2D eigenvalue weighted by Gasteiger charge is 2.15. The molecule has 3 aromatic rings. The summed E-state index contributed by atoms with van der Waals surface area (Å²) >= 11 is 0. The average molecular weight is 339 g/mol. The van der Waals surface area contributed by atoms with Gasteiger partial charge in [-0.1, -0.05) is 18.2 Å². The Labute approximate surface area is 148 Å². The third-order valence-electron chi connectivity index (χ3n) is 4.45. The van der Waals surface area contributed by atoms with Gasteiger partial charge in [0, 0.05) is 13.1 Å². The molecule has 0 aliphatic carbocycles. The zero-order valence-corrected chi connectivity index (χ0v) is 15.2. The molecule has 2 aromatic carbocycles. The van der Waals surface area contributed by atoms with Crippen LogP contribution in [0.4, 0.5) is 0 Å². The second-order valence-corrected chi connectivity index (χ2v) is 5.99. The number of hydrogen-bond donors (Lipinski definition) is 1. The van der Waals surface area contributed by atoms with Crippen molar-refractivity contribution in [3.8, 4) is 11.5 Å². The van der Waals surface area contributed by atoms with Gasteiger partial charge in [-0.05, 0) is 43.7 Å². The van der Waals surface area contributed by atoms with E-state index in [1.54, 1.807) is 14.2 Å². The number of imidazole rings is 1. The summed E-state index contributed by atoms with van der Waals surface area (Å²) in [6.07, 6.45) is 0. The Kier molecular flexibility index (Phi) is 5.24. The van der Waals surface area contributed by atoms with Crippen LogP contribution in [0.1, 0.15) is 31.3 Å². The second kappa shape index (κ2) is 7.57. The normalized spacial score (nSPS) is 12.3. The molecule has 0 bridgehead atoms. The van der Waals surface area contributed by atoms with Gasteiger partial charge in [0.2, 0.25) is 0 Å². The summed E-state index contributed by atoms with van der Waals surface area (Å²) in [4.78, 5) is 4.81. The summed E-state index contributed by atoms with van der Waals surface area (Å²) in [5.74, 6) is 2.55. The minimum Gasteiger partial charge on any atom is -0.493 e. The molecule has 0 fully saturated rings. The molecule has 132 valence electrons. The molecule has 25 heavy (non-hydrogen) atoms. The van der Waals surface area contributed by atoms with Crippen molar-refractivity contribution in [3.63, 3.8) is 0 Å². The van der Waals surface area contributed by atoms with E-state index in [0.29, 0.717) is 0 Å². The molecule has 0 saturated carbocycles. The highest BCUT2D eigenvalue weighted by molar-refractivity contribution is 5.76. The van der Waals surface area contributed by atoms with E-state index in [1.807, 2.05) is 24.3 Å². The first-order valence-corrected chi connectivity index (χ1v) is 8.57. The zero-order chi connectivity index (χ0) is 17.8. The number of methoxy groups -OCH3 is 2. The number of hydrogen-bond acceptors (Lipinski definition) is 4. The molecule has 0 amide bonds. The quantitative estimate of drug-likeness (QED) is 0.709. The fourth-order valence-corrected chi connectivity index (χ4v) is 3.11. The number of nitrogens with zero attached hydrogens (tertiary/aromatic N) is 2. The number of ether oxygens (including phenoxy) is 2. The van der Waals surface area contributed by atoms with Gasteiger partial charge in [0.25, 0.3) is 0 Å². The monoisotopic (exact) mass is 339 g/mol. The lowest BCUT2D eigenvalue weighted by molar-refractivity contribution is 0.354. The highest BCUT2D eigenvalue weighted by Crippen LogP contribution is 2.28. The third-order valence-corrected chi connectivity index (χ3v) is 4.45. The lowest BCUT2D eigenvalue weighted by Crippen LogP contribution is -2.21. The van der Waals surface area contributed by atoms with Crippen LogP contribution < -0.4 is 14.8 Å². The van der Waals surface area contributed by atoms with E-state index < -0.39 is 0 Å². The number of fused-ring (bicyclic) bond motifs is 1. The summed E-state index contributed by atoms with van der Waals surface area (Å²) in [6, 6.07) is 14.4. The maximum atomic E-state index is 5.38. The number of para-hydroxylation sites is 2. The van der Waals surface area contributed by atoms with Crippen molar-refractivity contribution in [1.29, 1.82) is 0 Å². The molecule has 0 aliphatic rings. The number of rotatable bonds is 7. The standard InChI is InChI=1S/C20H25N3O2/c1-5-23-17-9-7-6-8-16(17)22-20(23)14(2)21-13-15-10-11-18(24-3)19(12-15)25-4/h6-12,14,21H,5,13H2,1-4H3. The van der Waals surface area contributed by atoms with Crippen LogP contribution in [0.5, 0.6) is 11.5 Å². The van der Waals surface area contributed by atoms with Gasteiger partial charge >= 0.3 is 0 Å². The SMILES string of the molecule is CCn1c(C(C)NCc2ccc(OC)c(OC)c2)nc2ccccc21. The molecule has 0 spiro atoms. The fourth-order valence-electron chi connectivity index (χ4n) is 3.11. The maximum absolute atomic E-state index is 5.38. The van der Waals surface area contributed by atoms with Crippen molar-refractivity contribution in [1.82, 2.24) is 14.9 Å². The first kappa shape index (κ1) is 17.3. The first-order chi connectivity index (χ1) is 12.2. The van der Waals surface area contributed by atoms with Gasteiger partial charge in [0.1, 0.15) is 5.82 Å². The van der Waals surface area contributed by atoms with E-state index in [1.165, 1.54) is 5.52 Å². The van der Waals surface area contributed by atoms with Gasteiger partial charge in [-0.15, -0.1) is 0 Å². The lowest BCUT2D eigenvalue weighted by Gasteiger charge is -2.16. The maximum Gasteiger partial charge on any atom is 0.161 e. The van der Waals surface area contributed by atoms with Crippen LogP contribution in [0.2, 0.25) is 0 Å². The molecule has 1 atom stereocenters. The van der Waals surface area contributed by atoms with Gasteiger partial charge in [-0.25, -0.2) is 4.98 Å². The summed E-state index contributed by atoms with van der Waals surface area (Å²) in [5, 5.41) is 3.56. The van der Waals surface area contributed by atoms with Crippen LogP contribution in [0.15, 0.2) is 42.5 Å². The molecule has 5 nitrogen and oxygen atoms in total. The van der Waals surface area contributed by atoms with Crippen molar-refractivity contribution in [3.05, 3.63) is 53.9 Å². The molecule has 1 aromatic heterocycles. The average Bonchev–Trinajstić information content (AvgIpc) is 3.04. The van der Waals surface area contributed by atoms with Crippen LogP contribution in [0, 0.1) is 0 Å². The van der Waals surface area contributed by atoms with Gasteiger partial charge in [0.15, 0.2) is 11.5 Å². The second-order valence-electron chi connectivity index (χ2n) is 5.99. The summed E-state index contributed by atoms with van der Waals surface area (Å²) < 4.78 is 12.9. The van der Waals surface area contributed by atoms with Crippen LogP contribution in [0.3, 0.4) is 0 Å². The Morgan fingerprint density at radius 2 is 1.84 bits per heavy atom. The lowest BCUT2D eigenvalue weighted by atomic mass is 10.2. The van der Waals surface area contributed by atoms with E-state index in [2.05, 4.69) is 41.9 Å². The molecular formula is C20H25N3O2. The molecule has 0 aliphatic heterocycles. The minimum atomic E-state index is 0.139. The van der Waals surface area contributed by atoms with Crippen molar-refractivity contribution in [2.75, 3.05) is 14.2 Å².